The summed E-state index contributed by atoms with van der Waals surface area (Å²) in [5, 5.41) is 11.2. The molecular formula is C28H26BrNO5. The van der Waals surface area contributed by atoms with Crippen LogP contribution in [0.4, 0.5) is 0 Å². The van der Waals surface area contributed by atoms with Crippen LogP contribution < -0.4 is 4.74 Å². The van der Waals surface area contributed by atoms with Gasteiger partial charge in [-0.25, -0.2) is 0 Å². The number of hydrogen-bond donors (Lipinski definition) is 1. The molecule has 4 rings (SSSR count). The quantitative estimate of drug-likeness (QED) is 0.237. The van der Waals surface area contributed by atoms with Gasteiger partial charge in [-0.05, 0) is 54.4 Å². The maximum atomic E-state index is 13.0. The van der Waals surface area contributed by atoms with Gasteiger partial charge in [0, 0.05) is 23.7 Å². The van der Waals surface area contributed by atoms with Gasteiger partial charge in [-0.3, -0.25) is 9.59 Å². The summed E-state index contributed by atoms with van der Waals surface area (Å²) in [7, 11) is 1.54. The van der Waals surface area contributed by atoms with Gasteiger partial charge < -0.3 is 19.5 Å². The van der Waals surface area contributed by atoms with Crippen LogP contribution in [-0.4, -0.2) is 42.0 Å². The van der Waals surface area contributed by atoms with Crippen molar-refractivity contribution in [3.05, 3.63) is 105 Å². The van der Waals surface area contributed by atoms with Crippen LogP contribution in [0, 0.1) is 6.92 Å². The number of rotatable bonds is 8. The summed E-state index contributed by atoms with van der Waals surface area (Å²) >= 11 is 3.41. The molecule has 0 unspecified atom stereocenters. The minimum Gasteiger partial charge on any atom is -0.507 e. The molecule has 1 amide bonds. The van der Waals surface area contributed by atoms with E-state index in [1.807, 2.05) is 49.4 Å². The summed E-state index contributed by atoms with van der Waals surface area (Å²) in [6, 6.07) is 21.5. The van der Waals surface area contributed by atoms with E-state index in [4.69, 9.17) is 9.47 Å². The molecule has 1 atom stereocenters. The van der Waals surface area contributed by atoms with Crippen molar-refractivity contribution in [2.45, 2.75) is 19.6 Å². The lowest BCUT2D eigenvalue weighted by Gasteiger charge is -2.25. The third kappa shape index (κ3) is 5.47. The predicted molar refractivity (Wildman–Crippen MR) is 137 cm³/mol. The second kappa shape index (κ2) is 10.9. The number of aryl methyl sites for hydroxylation is 1. The number of nitrogens with zero attached hydrogens (tertiary/aromatic N) is 1. The lowest BCUT2D eigenvalue weighted by atomic mass is 9.95. The van der Waals surface area contributed by atoms with E-state index in [-0.39, 0.29) is 24.5 Å². The Hall–Kier alpha value is -3.42. The number of likely N-dealkylation sites (tertiary alicyclic amines) is 1. The van der Waals surface area contributed by atoms with E-state index in [0.29, 0.717) is 17.9 Å². The number of aliphatic hydroxyl groups excluding tert-OH is 1. The second-order valence-electron chi connectivity index (χ2n) is 8.34. The van der Waals surface area contributed by atoms with Crippen LogP contribution in [0.15, 0.2) is 82.8 Å². The predicted octanol–water partition coefficient (Wildman–Crippen LogP) is 5.40. The Labute approximate surface area is 212 Å². The van der Waals surface area contributed by atoms with E-state index in [1.54, 1.807) is 24.3 Å². The van der Waals surface area contributed by atoms with Crippen molar-refractivity contribution >= 4 is 33.4 Å². The zero-order chi connectivity index (χ0) is 24.9. The Balaban J connectivity index is 1.63. The Morgan fingerprint density at radius 1 is 1.03 bits per heavy atom. The van der Waals surface area contributed by atoms with Crippen LogP contribution in [0.5, 0.6) is 5.75 Å². The van der Waals surface area contributed by atoms with Crippen molar-refractivity contribution in [2.75, 3.05) is 20.3 Å². The van der Waals surface area contributed by atoms with Crippen molar-refractivity contribution in [3.63, 3.8) is 0 Å². The first-order valence-corrected chi connectivity index (χ1v) is 12.0. The molecule has 1 fully saturated rings. The van der Waals surface area contributed by atoms with Crippen LogP contribution in [0.3, 0.4) is 0 Å². The van der Waals surface area contributed by atoms with Crippen LogP contribution in [0.2, 0.25) is 0 Å². The van der Waals surface area contributed by atoms with Gasteiger partial charge in [0.05, 0.1) is 18.2 Å². The average Bonchev–Trinajstić information content (AvgIpc) is 3.11. The highest BCUT2D eigenvalue weighted by Gasteiger charge is 2.45. The number of carbonyl (C=O) groups is 2. The molecule has 1 saturated heterocycles. The minimum atomic E-state index is -0.716. The molecule has 0 aromatic heterocycles. The standard InChI is InChI=1S/C28H26BrNO5/c1-18-4-3-5-19(16-18)17-35-23-12-8-21(9-13-23)26(31)24-25(20-6-10-22(29)11-7-20)30(14-15-34-2)28(33)27(24)32/h3-13,16,25,31H,14-15,17H2,1-2H3/t25-/m1/s1. The number of amides is 1. The number of methoxy groups -OCH3 is 1. The molecule has 7 heteroatoms. The molecular weight excluding hydrogens is 510 g/mol. The molecule has 6 nitrogen and oxygen atoms in total. The lowest BCUT2D eigenvalue weighted by molar-refractivity contribution is -0.140. The molecule has 3 aromatic carbocycles. The van der Waals surface area contributed by atoms with Crippen molar-refractivity contribution in [1.82, 2.24) is 4.90 Å². The van der Waals surface area contributed by atoms with Gasteiger partial charge in [0.15, 0.2) is 0 Å². The molecule has 35 heavy (non-hydrogen) atoms. The minimum absolute atomic E-state index is 0.0573. The van der Waals surface area contributed by atoms with Gasteiger partial charge in [0.25, 0.3) is 11.7 Å². The third-order valence-electron chi connectivity index (χ3n) is 5.88. The Morgan fingerprint density at radius 2 is 1.74 bits per heavy atom. The van der Waals surface area contributed by atoms with Gasteiger partial charge in [0.2, 0.25) is 0 Å². The fourth-order valence-corrected chi connectivity index (χ4v) is 4.39. The van der Waals surface area contributed by atoms with E-state index in [2.05, 4.69) is 22.0 Å². The van der Waals surface area contributed by atoms with Gasteiger partial charge in [-0.1, -0.05) is 57.9 Å². The maximum absolute atomic E-state index is 13.0. The molecule has 0 radical (unpaired) electrons. The topological polar surface area (TPSA) is 76.1 Å². The zero-order valence-electron chi connectivity index (χ0n) is 19.5. The summed E-state index contributed by atoms with van der Waals surface area (Å²) in [5.41, 5.74) is 3.43. The number of hydrogen-bond acceptors (Lipinski definition) is 5. The number of carbonyl (C=O) groups excluding carboxylic acids is 2. The van der Waals surface area contributed by atoms with Gasteiger partial charge >= 0.3 is 0 Å². The van der Waals surface area contributed by atoms with Gasteiger partial charge in [-0.15, -0.1) is 0 Å². The number of ether oxygens (including phenoxy) is 2. The molecule has 180 valence electrons. The van der Waals surface area contributed by atoms with Gasteiger partial charge in [0.1, 0.15) is 18.1 Å². The number of aliphatic hydroxyl groups is 1. The Morgan fingerprint density at radius 3 is 2.40 bits per heavy atom. The molecule has 1 aliphatic rings. The fourth-order valence-electron chi connectivity index (χ4n) is 4.13. The van der Waals surface area contributed by atoms with Crippen LogP contribution in [-0.2, 0) is 20.9 Å². The Kier molecular flexibility index (Phi) is 7.68. The highest BCUT2D eigenvalue weighted by molar-refractivity contribution is 9.10. The molecule has 1 N–H and O–H groups in total. The van der Waals surface area contributed by atoms with E-state index in [0.717, 1.165) is 21.2 Å². The van der Waals surface area contributed by atoms with Crippen molar-refractivity contribution < 1.29 is 24.2 Å². The smallest absolute Gasteiger partial charge is 0.295 e. The summed E-state index contributed by atoms with van der Waals surface area (Å²) in [6.45, 7) is 2.94. The zero-order valence-corrected chi connectivity index (χ0v) is 21.1. The van der Waals surface area contributed by atoms with Crippen molar-refractivity contribution in [1.29, 1.82) is 0 Å². The number of halogens is 1. The SMILES string of the molecule is COCCN1C(=O)C(=O)C(=C(O)c2ccc(OCc3cccc(C)c3)cc2)[C@H]1c1ccc(Br)cc1. The van der Waals surface area contributed by atoms with Crippen molar-refractivity contribution in [3.8, 4) is 5.75 Å². The molecule has 3 aromatic rings. The van der Waals surface area contributed by atoms with Crippen molar-refractivity contribution in [2.24, 2.45) is 0 Å². The summed E-state index contributed by atoms with van der Waals surface area (Å²) in [4.78, 5) is 27.3. The third-order valence-corrected chi connectivity index (χ3v) is 6.41. The van der Waals surface area contributed by atoms with E-state index >= 15 is 0 Å². The number of ketones is 1. The number of Topliss-reactive ketones (excluding diaryl/α,β-unsaturated/α-hetero) is 1. The molecule has 1 aliphatic heterocycles. The average molecular weight is 536 g/mol. The maximum Gasteiger partial charge on any atom is 0.295 e. The summed E-state index contributed by atoms with van der Waals surface area (Å²) in [5.74, 6) is -0.963. The van der Waals surface area contributed by atoms with Crippen LogP contribution in [0.1, 0.15) is 28.3 Å². The molecule has 1 heterocycles. The van der Waals surface area contributed by atoms with Gasteiger partial charge in [-0.2, -0.15) is 0 Å². The molecule has 0 saturated carbocycles. The summed E-state index contributed by atoms with van der Waals surface area (Å²) < 4.78 is 11.9. The first-order chi connectivity index (χ1) is 16.9. The first kappa shape index (κ1) is 24.7. The van der Waals surface area contributed by atoms with E-state index in [1.165, 1.54) is 12.0 Å². The van der Waals surface area contributed by atoms with Crippen LogP contribution in [0.25, 0.3) is 5.76 Å². The first-order valence-electron chi connectivity index (χ1n) is 11.2. The summed E-state index contributed by atoms with van der Waals surface area (Å²) in [6.07, 6.45) is 0. The fraction of sp³-hybridized carbons (Fsp3) is 0.214. The van der Waals surface area contributed by atoms with E-state index in [9.17, 15) is 14.7 Å². The largest absolute Gasteiger partial charge is 0.507 e. The highest BCUT2D eigenvalue weighted by atomic mass is 79.9. The van der Waals surface area contributed by atoms with E-state index < -0.39 is 17.7 Å². The monoisotopic (exact) mass is 535 g/mol. The molecule has 0 spiro atoms. The molecule has 0 bridgehead atoms. The highest BCUT2D eigenvalue weighted by Crippen LogP contribution is 2.39. The Bertz CT molecular complexity index is 1250. The second-order valence-corrected chi connectivity index (χ2v) is 9.25. The molecule has 0 aliphatic carbocycles. The van der Waals surface area contributed by atoms with Crippen LogP contribution >= 0.6 is 15.9 Å². The normalized spacial score (nSPS) is 17.1. The number of benzene rings is 3. The lowest BCUT2D eigenvalue weighted by Crippen LogP contribution is -2.32.